The first-order chi connectivity index (χ1) is 12.7. The molecule has 27 heavy (non-hydrogen) atoms. The molecule has 2 unspecified atom stereocenters. The molecule has 0 aromatic heterocycles. The minimum absolute atomic E-state index is 0.0563. The van der Waals surface area contributed by atoms with Gasteiger partial charge in [-0.1, -0.05) is 27.4 Å². The van der Waals surface area contributed by atoms with Gasteiger partial charge in [-0.2, -0.15) is 0 Å². The van der Waals surface area contributed by atoms with Crippen LogP contribution in [0.25, 0.3) is 0 Å². The smallest absolute Gasteiger partial charge is 0.330 e. The summed E-state index contributed by atoms with van der Waals surface area (Å²) in [6, 6.07) is 0. The van der Waals surface area contributed by atoms with Gasteiger partial charge in [0, 0.05) is 6.08 Å². The third-order valence-electron chi connectivity index (χ3n) is 7.77. The number of carbonyl (C=O) groups is 2. The summed E-state index contributed by atoms with van der Waals surface area (Å²) in [5, 5.41) is 0. The Morgan fingerprint density at radius 1 is 1.11 bits per heavy atom. The van der Waals surface area contributed by atoms with Crippen LogP contribution in [0.2, 0.25) is 0 Å². The van der Waals surface area contributed by atoms with Crippen LogP contribution in [0.3, 0.4) is 0 Å². The first kappa shape index (κ1) is 19.0. The lowest BCUT2D eigenvalue weighted by Gasteiger charge is -2.64. The van der Waals surface area contributed by atoms with Crippen LogP contribution in [-0.2, 0) is 19.1 Å². The molecule has 5 aliphatic carbocycles. The molecule has 0 amide bonds. The summed E-state index contributed by atoms with van der Waals surface area (Å²) >= 11 is 0. The maximum absolute atomic E-state index is 13.0. The zero-order valence-corrected chi connectivity index (χ0v) is 17.0. The summed E-state index contributed by atoms with van der Waals surface area (Å²) in [7, 11) is 0. The second kappa shape index (κ2) is 6.63. The number of hydrogen-bond acceptors (Lipinski definition) is 4. The molecule has 0 aromatic rings. The highest BCUT2D eigenvalue weighted by atomic mass is 16.6. The summed E-state index contributed by atoms with van der Waals surface area (Å²) in [6.45, 7) is 10.4. The average Bonchev–Trinajstić information content (AvgIpc) is 2.53. The Balaban J connectivity index is 1.45. The normalized spacial score (nSPS) is 44.7. The largest absolute Gasteiger partial charge is 0.459 e. The van der Waals surface area contributed by atoms with Gasteiger partial charge in [-0.15, -0.1) is 0 Å². The molecule has 4 nitrogen and oxygen atoms in total. The average molecular weight is 375 g/mol. The molecule has 0 aromatic carbocycles. The van der Waals surface area contributed by atoms with Gasteiger partial charge in [0.25, 0.3) is 0 Å². The van der Waals surface area contributed by atoms with Crippen molar-refractivity contribution < 1.29 is 19.1 Å². The Kier molecular flexibility index (Phi) is 4.67. The van der Waals surface area contributed by atoms with Crippen molar-refractivity contribution in [1.82, 2.24) is 0 Å². The molecule has 0 saturated heterocycles. The summed E-state index contributed by atoms with van der Waals surface area (Å²) in [5.74, 6) is 1.81. The molecule has 5 saturated carbocycles. The van der Waals surface area contributed by atoms with Crippen molar-refractivity contribution in [3.63, 3.8) is 0 Å². The van der Waals surface area contributed by atoms with Crippen LogP contribution in [0.1, 0.15) is 72.1 Å². The lowest BCUT2D eigenvalue weighted by molar-refractivity contribution is -0.234. The van der Waals surface area contributed by atoms with Crippen LogP contribution >= 0.6 is 0 Å². The zero-order valence-electron chi connectivity index (χ0n) is 17.0. The highest BCUT2D eigenvalue weighted by Gasteiger charge is 2.63. The van der Waals surface area contributed by atoms with E-state index in [1.807, 2.05) is 0 Å². The number of carbonyl (C=O) groups excluding carboxylic acids is 2. The van der Waals surface area contributed by atoms with Crippen LogP contribution in [0, 0.1) is 35.0 Å². The SMILES string of the molecule is C=CC(=O)OC1CC(C(=O)OC2(CC(C)C)C3CC4CC2CC(C)(C4)C3)C1. The van der Waals surface area contributed by atoms with Crippen LogP contribution in [-0.4, -0.2) is 23.6 Å². The maximum atomic E-state index is 13.0. The second-order valence-electron chi connectivity index (χ2n) is 10.6. The molecular weight excluding hydrogens is 340 g/mol. The Hall–Kier alpha value is -1.32. The fourth-order valence-electron chi connectivity index (χ4n) is 6.97. The third-order valence-corrected chi connectivity index (χ3v) is 7.77. The van der Waals surface area contributed by atoms with Gasteiger partial charge in [0.15, 0.2) is 0 Å². The molecule has 0 radical (unpaired) electrons. The van der Waals surface area contributed by atoms with Crippen LogP contribution < -0.4 is 0 Å². The molecule has 5 rings (SSSR count). The van der Waals surface area contributed by atoms with E-state index in [2.05, 4.69) is 27.4 Å². The summed E-state index contributed by atoms with van der Waals surface area (Å²) in [6.07, 6.45) is 9.44. The van der Waals surface area contributed by atoms with Crippen molar-refractivity contribution in [2.75, 3.05) is 0 Å². The van der Waals surface area contributed by atoms with Gasteiger partial charge >= 0.3 is 11.9 Å². The predicted octanol–water partition coefficient (Wildman–Crippen LogP) is 4.67. The van der Waals surface area contributed by atoms with E-state index in [4.69, 9.17) is 9.47 Å². The van der Waals surface area contributed by atoms with E-state index in [-0.39, 0.29) is 23.6 Å². The Morgan fingerprint density at radius 2 is 1.74 bits per heavy atom. The monoisotopic (exact) mass is 374 g/mol. The predicted molar refractivity (Wildman–Crippen MR) is 103 cm³/mol. The summed E-state index contributed by atoms with van der Waals surface area (Å²) < 4.78 is 11.7. The molecule has 4 bridgehead atoms. The first-order valence-corrected chi connectivity index (χ1v) is 10.8. The van der Waals surface area contributed by atoms with Crippen molar-refractivity contribution in [3.8, 4) is 0 Å². The molecule has 150 valence electrons. The van der Waals surface area contributed by atoms with E-state index in [0.717, 1.165) is 12.3 Å². The molecule has 5 aliphatic rings. The fraction of sp³-hybridized carbons (Fsp3) is 0.826. The number of ether oxygens (including phenoxy) is 2. The Bertz CT molecular complexity index is 614. The van der Waals surface area contributed by atoms with E-state index in [0.29, 0.717) is 36.0 Å². The molecule has 0 aliphatic heterocycles. The highest BCUT2D eigenvalue weighted by Crippen LogP contribution is 2.65. The molecule has 4 heteroatoms. The second-order valence-corrected chi connectivity index (χ2v) is 10.6. The van der Waals surface area contributed by atoms with Crippen molar-refractivity contribution in [2.45, 2.75) is 83.8 Å². The van der Waals surface area contributed by atoms with E-state index < -0.39 is 5.97 Å². The molecule has 0 spiro atoms. The van der Waals surface area contributed by atoms with Gasteiger partial charge in [-0.05, 0) is 80.5 Å². The third kappa shape index (κ3) is 3.34. The molecular formula is C23H34O4. The van der Waals surface area contributed by atoms with Crippen molar-refractivity contribution in [3.05, 3.63) is 12.7 Å². The minimum Gasteiger partial charge on any atom is -0.459 e. The van der Waals surface area contributed by atoms with E-state index in [1.165, 1.54) is 38.2 Å². The summed E-state index contributed by atoms with van der Waals surface area (Å²) in [4.78, 5) is 24.3. The highest BCUT2D eigenvalue weighted by molar-refractivity contribution is 5.81. The quantitative estimate of drug-likeness (QED) is 0.501. The maximum Gasteiger partial charge on any atom is 0.330 e. The first-order valence-electron chi connectivity index (χ1n) is 10.8. The van der Waals surface area contributed by atoms with Gasteiger partial charge in [0.1, 0.15) is 11.7 Å². The summed E-state index contributed by atoms with van der Waals surface area (Å²) in [5.41, 5.74) is 0.203. The fourth-order valence-corrected chi connectivity index (χ4v) is 6.97. The van der Waals surface area contributed by atoms with Crippen molar-refractivity contribution >= 4 is 11.9 Å². The van der Waals surface area contributed by atoms with Crippen LogP contribution in [0.4, 0.5) is 0 Å². The van der Waals surface area contributed by atoms with E-state index in [1.54, 1.807) is 0 Å². The lowest BCUT2D eigenvalue weighted by Crippen LogP contribution is -2.63. The van der Waals surface area contributed by atoms with Crippen molar-refractivity contribution in [2.24, 2.45) is 35.0 Å². The lowest BCUT2D eigenvalue weighted by atomic mass is 9.44. The number of rotatable bonds is 6. The number of esters is 2. The standard InChI is InChI=1S/C23H34O4/c1-5-20(24)26-19-8-16(9-19)21(25)27-23(10-14(2)3)17-6-15-7-18(23)13-22(4,11-15)12-17/h5,14-19H,1,6-13H2,2-4H3. The molecule has 0 heterocycles. The van der Waals surface area contributed by atoms with Gasteiger partial charge in [-0.25, -0.2) is 4.79 Å². The van der Waals surface area contributed by atoms with Gasteiger partial charge in [-0.3, -0.25) is 4.79 Å². The van der Waals surface area contributed by atoms with Crippen LogP contribution in [0.5, 0.6) is 0 Å². The molecule has 5 fully saturated rings. The zero-order chi connectivity index (χ0) is 19.4. The topological polar surface area (TPSA) is 52.6 Å². The van der Waals surface area contributed by atoms with Gasteiger partial charge < -0.3 is 9.47 Å². The number of hydrogen-bond donors (Lipinski definition) is 0. The van der Waals surface area contributed by atoms with E-state index >= 15 is 0 Å². The van der Waals surface area contributed by atoms with E-state index in [9.17, 15) is 9.59 Å². The van der Waals surface area contributed by atoms with Gasteiger partial charge in [0.2, 0.25) is 0 Å². The molecule has 0 N–H and O–H groups in total. The van der Waals surface area contributed by atoms with Crippen molar-refractivity contribution in [1.29, 1.82) is 0 Å². The minimum atomic E-state index is -0.405. The van der Waals surface area contributed by atoms with Gasteiger partial charge in [0.05, 0.1) is 5.92 Å². The Labute approximate surface area is 163 Å². The van der Waals surface area contributed by atoms with Crippen LogP contribution in [0.15, 0.2) is 12.7 Å². The Morgan fingerprint density at radius 3 is 2.26 bits per heavy atom. The molecule has 2 atom stereocenters.